The van der Waals surface area contributed by atoms with E-state index in [9.17, 15) is 4.79 Å². The van der Waals surface area contributed by atoms with Crippen LogP contribution in [0.3, 0.4) is 0 Å². The van der Waals surface area contributed by atoms with Gasteiger partial charge in [-0.1, -0.05) is 0 Å². The minimum absolute atomic E-state index is 0.119. The third-order valence-corrected chi connectivity index (χ3v) is 3.26. The second kappa shape index (κ2) is 7.23. The first kappa shape index (κ1) is 14.8. The molecule has 18 heavy (non-hydrogen) atoms. The summed E-state index contributed by atoms with van der Waals surface area (Å²) in [5.41, 5.74) is 6.32. The Morgan fingerprint density at radius 3 is 2.89 bits per heavy atom. The zero-order valence-electron chi connectivity index (χ0n) is 11.1. The van der Waals surface area contributed by atoms with Crippen molar-refractivity contribution in [3.8, 4) is 0 Å². The molecule has 0 saturated heterocycles. The summed E-state index contributed by atoms with van der Waals surface area (Å²) in [5.74, 6) is -0.119. The lowest BCUT2D eigenvalue weighted by Crippen LogP contribution is -2.22. The number of hydrogen-bond acceptors (Lipinski definition) is 5. The van der Waals surface area contributed by atoms with Gasteiger partial charge in [-0.05, 0) is 26.8 Å². The van der Waals surface area contributed by atoms with Gasteiger partial charge in [0.25, 0.3) is 5.91 Å². The van der Waals surface area contributed by atoms with Crippen molar-refractivity contribution in [2.75, 3.05) is 30.7 Å². The predicted molar refractivity (Wildman–Crippen MR) is 76.3 cm³/mol. The van der Waals surface area contributed by atoms with E-state index in [1.54, 1.807) is 6.07 Å². The summed E-state index contributed by atoms with van der Waals surface area (Å²) < 4.78 is 5.42. The van der Waals surface area contributed by atoms with Crippen LogP contribution in [0, 0.1) is 0 Å². The van der Waals surface area contributed by atoms with Crippen molar-refractivity contribution in [3.63, 3.8) is 0 Å². The van der Waals surface area contributed by atoms with E-state index in [1.165, 1.54) is 11.3 Å². The van der Waals surface area contributed by atoms with Gasteiger partial charge in [-0.25, -0.2) is 0 Å². The molecule has 0 spiro atoms. The maximum atomic E-state index is 11.7. The summed E-state index contributed by atoms with van der Waals surface area (Å²) in [5, 5.41) is 6.82. The highest BCUT2D eigenvalue weighted by molar-refractivity contribution is 7.18. The van der Waals surface area contributed by atoms with Gasteiger partial charge in [0.05, 0.1) is 23.4 Å². The molecule has 6 heteroatoms. The first-order valence-electron chi connectivity index (χ1n) is 6.07. The molecule has 1 heterocycles. The zero-order chi connectivity index (χ0) is 13.5. The van der Waals surface area contributed by atoms with Gasteiger partial charge in [-0.15, -0.1) is 11.3 Å². The van der Waals surface area contributed by atoms with Gasteiger partial charge < -0.3 is 21.1 Å². The molecule has 1 aromatic heterocycles. The van der Waals surface area contributed by atoms with Crippen LogP contribution in [0.1, 0.15) is 30.4 Å². The summed E-state index contributed by atoms with van der Waals surface area (Å²) in [7, 11) is 0. The van der Waals surface area contributed by atoms with Crippen LogP contribution >= 0.6 is 11.3 Å². The highest BCUT2D eigenvalue weighted by Gasteiger charge is 2.13. The number of nitrogen functional groups attached to an aromatic ring is 1. The summed E-state index contributed by atoms with van der Waals surface area (Å²) in [6.45, 7) is 7.80. The number of carbonyl (C=O) groups excluding carboxylic acids is 1. The second-order valence-electron chi connectivity index (χ2n) is 4.10. The lowest BCUT2D eigenvalue weighted by atomic mass is 10.3. The molecular formula is C12H21N3O2S. The first-order chi connectivity index (χ1) is 8.54. The van der Waals surface area contributed by atoms with Gasteiger partial charge in [0.1, 0.15) is 4.88 Å². The van der Waals surface area contributed by atoms with Gasteiger partial charge in [0.15, 0.2) is 0 Å². The molecule has 0 radical (unpaired) electrons. The topological polar surface area (TPSA) is 76.4 Å². The first-order valence-corrected chi connectivity index (χ1v) is 6.89. The number of anilines is 2. The van der Waals surface area contributed by atoms with Crippen LogP contribution in [0.15, 0.2) is 6.07 Å². The van der Waals surface area contributed by atoms with Crippen molar-refractivity contribution in [2.45, 2.75) is 26.9 Å². The Hall–Kier alpha value is -1.27. The van der Waals surface area contributed by atoms with Crippen LogP contribution in [0.4, 0.5) is 10.7 Å². The molecule has 0 unspecified atom stereocenters. The number of rotatable bonds is 7. The Bertz CT molecular complexity index is 391. The Balaban J connectivity index is 2.48. The quantitative estimate of drug-likeness (QED) is 0.662. The Kier molecular flexibility index (Phi) is 5.94. The average Bonchev–Trinajstić information content (AvgIpc) is 2.66. The molecule has 102 valence electrons. The average molecular weight is 271 g/mol. The molecule has 1 rings (SSSR count). The standard InChI is InChI=1S/C12H21N3O2S/c1-4-14-12(16)11-9(13)7-10(18-11)15-5-6-17-8(2)3/h7-8,15H,4-6,13H2,1-3H3,(H,14,16). The van der Waals surface area contributed by atoms with Crippen molar-refractivity contribution >= 4 is 27.9 Å². The molecular weight excluding hydrogens is 250 g/mol. The fourth-order valence-electron chi connectivity index (χ4n) is 1.38. The maximum Gasteiger partial charge on any atom is 0.263 e. The SMILES string of the molecule is CCNC(=O)c1sc(NCCOC(C)C)cc1N. The van der Waals surface area contributed by atoms with Gasteiger partial charge in [0, 0.05) is 13.1 Å². The minimum Gasteiger partial charge on any atom is -0.397 e. The van der Waals surface area contributed by atoms with Gasteiger partial charge >= 0.3 is 0 Å². The summed E-state index contributed by atoms with van der Waals surface area (Å²) >= 11 is 1.36. The fourth-order valence-corrected chi connectivity index (χ4v) is 2.30. The molecule has 5 nitrogen and oxygen atoms in total. The molecule has 0 bridgehead atoms. The molecule has 0 saturated carbocycles. The van der Waals surface area contributed by atoms with Crippen molar-refractivity contribution in [3.05, 3.63) is 10.9 Å². The molecule has 0 aliphatic heterocycles. The number of nitrogens with two attached hydrogens (primary N) is 1. The van der Waals surface area contributed by atoms with E-state index in [4.69, 9.17) is 10.5 Å². The predicted octanol–water partition coefficient (Wildman–Crippen LogP) is 1.92. The second-order valence-corrected chi connectivity index (χ2v) is 5.15. The molecule has 0 atom stereocenters. The van der Waals surface area contributed by atoms with E-state index in [-0.39, 0.29) is 12.0 Å². The number of nitrogens with one attached hydrogen (secondary N) is 2. The highest BCUT2D eigenvalue weighted by Crippen LogP contribution is 2.28. The van der Waals surface area contributed by atoms with Crippen LogP contribution < -0.4 is 16.4 Å². The number of thiophene rings is 1. The van der Waals surface area contributed by atoms with Crippen LogP contribution in [-0.4, -0.2) is 31.7 Å². The van der Waals surface area contributed by atoms with E-state index >= 15 is 0 Å². The van der Waals surface area contributed by atoms with Crippen LogP contribution in [0.5, 0.6) is 0 Å². The molecule has 0 aromatic carbocycles. The molecule has 0 fully saturated rings. The molecule has 1 aromatic rings. The van der Waals surface area contributed by atoms with E-state index in [0.29, 0.717) is 30.3 Å². The third-order valence-electron chi connectivity index (χ3n) is 2.16. The van der Waals surface area contributed by atoms with Crippen molar-refractivity contribution in [1.82, 2.24) is 5.32 Å². The van der Waals surface area contributed by atoms with Crippen LogP contribution in [-0.2, 0) is 4.74 Å². The van der Waals surface area contributed by atoms with Crippen LogP contribution in [0.25, 0.3) is 0 Å². The molecule has 4 N–H and O–H groups in total. The van der Waals surface area contributed by atoms with Crippen molar-refractivity contribution in [2.24, 2.45) is 0 Å². The summed E-state index contributed by atoms with van der Waals surface area (Å²) in [6.07, 6.45) is 0.228. The smallest absolute Gasteiger partial charge is 0.263 e. The largest absolute Gasteiger partial charge is 0.397 e. The molecule has 1 amide bonds. The number of ether oxygens (including phenoxy) is 1. The molecule has 0 aliphatic carbocycles. The summed E-state index contributed by atoms with van der Waals surface area (Å²) in [4.78, 5) is 12.2. The Morgan fingerprint density at radius 1 is 1.56 bits per heavy atom. The normalized spacial score (nSPS) is 10.7. The number of carbonyl (C=O) groups is 1. The fraction of sp³-hybridized carbons (Fsp3) is 0.583. The molecule has 0 aliphatic rings. The minimum atomic E-state index is -0.119. The van der Waals surface area contributed by atoms with E-state index in [1.807, 2.05) is 20.8 Å². The van der Waals surface area contributed by atoms with Gasteiger partial charge in [-0.2, -0.15) is 0 Å². The van der Waals surface area contributed by atoms with Crippen molar-refractivity contribution in [1.29, 1.82) is 0 Å². The van der Waals surface area contributed by atoms with E-state index < -0.39 is 0 Å². The van der Waals surface area contributed by atoms with Crippen LogP contribution in [0.2, 0.25) is 0 Å². The number of amides is 1. The maximum absolute atomic E-state index is 11.7. The number of hydrogen-bond donors (Lipinski definition) is 3. The monoisotopic (exact) mass is 271 g/mol. The van der Waals surface area contributed by atoms with E-state index in [0.717, 1.165) is 5.00 Å². The summed E-state index contributed by atoms with van der Waals surface area (Å²) in [6, 6.07) is 1.78. The third kappa shape index (κ3) is 4.54. The highest BCUT2D eigenvalue weighted by atomic mass is 32.1. The lowest BCUT2D eigenvalue weighted by molar-refractivity contribution is 0.0871. The van der Waals surface area contributed by atoms with Gasteiger partial charge in [-0.3, -0.25) is 4.79 Å². The Morgan fingerprint density at radius 2 is 2.28 bits per heavy atom. The lowest BCUT2D eigenvalue weighted by Gasteiger charge is -2.07. The Labute approximate surface area is 112 Å². The zero-order valence-corrected chi connectivity index (χ0v) is 11.9. The van der Waals surface area contributed by atoms with E-state index in [2.05, 4.69) is 10.6 Å². The van der Waals surface area contributed by atoms with Crippen molar-refractivity contribution < 1.29 is 9.53 Å². The van der Waals surface area contributed by atoms with Gasteiger partial charge in [0.2, 0.25) is 0 Å².